The number of hydrogen-bond acceptors (Lipinski definition) is 3. The number of hydrogen-bond donors (Lipinski definition) is 1. The fraction of sp³-hybridized carbons (Fsp3) is 0.0667. The van der Waals surface area contributed by atoms with Gasteiger partial charge in [0.1, 0.15) is 5.82 Å². The SMILES string of the molecule is O=C(NCc1ccccc1F)c1ccc2ncsc2c1. The molecule has 0 aliphatic rings. The van der Waals surface area contributed by atoms with Gasteiger partial charge in [0, 0.05) is 17.7 Å². The minimum absolute atomic E-state index is 0.173. The highest BCUT2D eigenvalue weighted by atomic mass is 32.1. The van der Waals surface area contributed by atoms with Crippen molar-refractivity contribution in [2.75, 3.05) is 0 Å². The van der Waals surface area contributed by atoms with Crippen LogP contribution in [0.3, 0.4) is 0 Å². The minimum atomic E-state index is -0.314. The van der Waals surface area contributed by atoms with E-state index < -0.39 is 0 Å². The van der Waals surface area contributed by atoms with Crippen LogP contribution in [0, 0.1) is 5.82 Å². The molecule has 0 atom stereocenters. The summed E-state index contributed by atoms with van der Waals surface area (Å²) in [6.07, 6.45) is 0. The molecule has 0 saturated heterocycles. The van der Waals surface area contributed by atoms with E-state index in [1.807, 2.05) is 6.07 Å². The van der Waals surface area contributed by atoms with Gasteiger partial charge in [-0.05, 0) is 24.3 Å². The lowest BCUT2D eigenvalue weighted by Gasteiger charge is -2.06. The number of rotatable bonds is 3. The lowest BCUT2D eigenvalue weighted by molar-refractivity contribution is 0.0951. The monoisotopic (exact) mass is 286 g/mol. The van der Waals surface area contributed by atoms with Gasteiger partial charge in [-0.3, -0.25) is 4.79 Å². The predicted octanol–water partition coefficient (Wildman–Crippen LogP) is 3.37. The molecule has 20 heavy (non-hydrogen) atoms. The van der Waals surface area contributed by atoms with Crippen molar-refractivity contribution in [1.29, 1.82) is 0 Å². The van der Waals surface area contributed by atoms with Crippen molar-refractivity contribution >= 4 is 27.5 Å². The van der Waals surface area contributed by atoms with E-state index in [-0.39, 0.29) is 18.3 Å². The molecule has 3 nitrogen and oxygen atoms in total. The van der Waals surface area contributed by atoms with Crippen molar-refractivity contribution in [3.05, 3.63) is 64.9 Å². The maximum atomic E-state index is 13.5. The first-order valence-corrected chi connectivity index (χ1v) is 6.97. The molecule has 100 valence electrons. The van der Waals surface area contributed by atoms with Crippen LogP contribution in [0.2, 0.25) is 0 Å². The molecule has 0 unspecified atom stereocenters. The van der Waals surface area contributed by atoms with Crippen LogP contribution in [0.15, 0.2) is 48.0 Å². The Hall–Kier alpha value is -2.27. The lowest BCUT2D eigenvalue weighted by Crippen LogP contribution is -2.23. The molecule has 0 spiro atoms. The van der Waals surface area contributed by atoms with Crippen LogP contribution >= 0.6 is 11.3 Å². The first-order chi connectivity index (χ1) is 9.74. The number of fused-ring (bicyclic) bond motifs is 1. The molecular weight excluding hydrogens is 275 g/mol. The Kier molecular flexibility index (Phi) is 3.43. The molecule has 0 aliphatic carbocycles. The van der Waals surface area contributed by atoms with Gasteiger partial charge in [-0.1, -0.05) is 18.2 Å². The molecule has 1 aromatic heterocycles. The molecule has 3 rings (SSSR count). The molecule has 5 heteroatoms. The topological polar surface area (TPSA) is 42.0 Å². The molecule has 3 aromatic rings. The Morgan fingerprint density at radius 1 is 1.25 bits per heavy atom. The second-order valence-corrected chi connectivity index (χ2v) is 5.20. The number of aromatic nitrogens is 1. The summed E-state index contributed by atoms with van der Waals surface area (Å²) < 4.78 is 14.4. The van der Waals surface area contributed by atoms with E-state index in [0.717, 1.165) is 10.2 Å². The highest BCUT2D eigenvalue weighted by molar-refractivity contribution is 7.16. The Balaban J connectivity index is 1.74. The summed E-state index contributed by atoms with van der Waals surface area (Å²) >= 11 is 1.48. The normalized spacial score (nSPS) is 10.7. The van der Waals surface area contributed by atoms with Crippen molar-refractivity contribution in [2.24, 2.45) is 0 Å². The van der Waals surface area contributed by atoms with Crippen LogP contribution in [0.1, 0.15) is 15.9 Å². The Labute approximate surface area is 119 Å². The summed E-state index contributed by atoms with van der Waals surface area (Å²) in [5.41, 5.74) is 3.64. The third-order valence-electron chi connectivity index (χ3n) is 2.99. The molecule has 0 aliphatic heterocycles. The van der Waals surface area contributed by atoms with Crippen LogP contribution < -0.4 is 5.32 Å². The number of nitrogens with one attached hydrogen (secondary N) is 1. The van der Waals surface area contributed by atoms with E-state index in [2.05, 4.69) is 10.3 Å². The number of thiazole rings is 1. The maximum Gasteiger partial charge on any atom is 0.251 e. The smallest absolute Gasteiger partial charge is 0.251 e. The van der Waals surface area contributed by atoms with Gasteiger partial charge >= 0.3 is 0 Å². The Morgan fingerprint density at radius 2 is 2.10 bits per heavy atom. The number of amides is 1. The highest BCUT2D eigenvalue weighted by Gasteiger charge is 2.08. The van der Waals surface area contributed by atoms with Crippen LogP contribution in [0.5, 0.6) is 0 Å². The molecule has 0 fully saturated rings. The molecule has 1 heterocycles. The Bertz CT molecular complexity index is 769. The van der Waals surface area contributed by atoms with E-state index >= 15 is 0 Å². The first kappa shape index (κ1) is 12.7. The van der Waals surface area contributed by atoms with Gasteiger partial charge in [-0.2, -0.15) is 0 Å². The molecule has 0 saturated carbocycles. The molecule has 2 aromatic carbocycles. The fourth-order valence-corrected chi connectivity index (χ4v) is 2.63. The van der Waals surface area contributed by atoms with Gasteiger partial charge < -0.3 is 5.32 Å². The van der Waals surface area contributed by atoms with E-state index in [9.17, 15) is 9.18 Å². The molecule has 1 amide bonds. The molecule has 0 radical (unpaired) electrons. The van der Waals surface area contributed by atoms with Crippen LogP contribution in [-0.2, 0) is 6.54 Å². The van der Waals surface area contributed by atoms with Crippen molar-refractivity contribution < 1.29 is 9.18 Å². The van der Waals surface area contributed by atoms with Crippen molar-refractivity contribution in [3.63, 3.8) is 0 Å². The number of halogens is 1. The summed E-state index contributed by atoms with van der Waals surface area (Å²) in [7, 11) is 0. The molecule has 0 bridgehead atoms. The number of carbonyl (C=O) groups is 1. The Morgan fingerprint density at radius 3 is 2.95 bits per heavy atom. The van der Waals surface area contributed by atoms with E-state index in [4.69, 9.17) is 0 Å². The highest BCUT2D eigenvalue weighted by Crippen LogP contribution is 2.19. The van der Waals surface area contributed by atoms with Gasteiger partial charge in [0.25, 0.3) is 5.91 Å². The van der Waals surface area contributed by atoms with E-state index in [0.29, 0.717) is 11.1 Å². The molecule has 1 N–H and O–H groups in total. The van der Waals surface area contributed by atoms with Gasteiger partial charge in [0.05, 0.1) is 15.7 Å². The van der Waals surface area contributed by atoms with E-state index in [1.54, 1.807) is 35.8 Å². The summed E-state index contributed by atoms with van der Waals surface area (Å²) in [4.78, 5) is 16.2. The van der Waals surface area contributed by atoms with Gasteiger partial charge in [0.2, 0.25) is 0 Å². The second kappa shape index (κ2) is 5.38. The predicted molar refractivity (Wildman–Crippen MR) is 77.2 cm³/mol. The summed E-state index contributed by atoms with van der Waals surface area (Å²) in [5, 5.41) is 2.72. The molecular formula is C15H11FN2OS. The lowest BCUT2D eigenvalue weighted by atomic mass is 10.2. The van der Waals surface area contributed by atoms with Crippen LogP contribution in [-0.4, -0.2) is 10.9 Å². The number of nitrogens with zero attached hydrogens (tertiary/aromatic N) is 1. The van der Waals surface area contributed by atoms with Gasteiger partial charge in [-0.25, -0.2) is 9.37 Å². The summed E-state index contributed by atoms with van der Waals surface area (Å²) in [6, 6.07) is 11.7. The third-order valence-corrected chi connectivity index (χ3v) is 3.78. The standard InChI is InChI=1S/C15H11FN2OS/c16-12-4-2-1-3-11(12)8-17-15(19)10-5-6-13-14(7-10)20-9-18-13/h1-7,9H,8H2,(H,17,19). The largest absolute Gasteiger partial charge is 0.348 e. The van der Waals surface area contributed by atoms with E-state index in [1.165, 1.54) is 17.4 Å². The zero-order valence-electron chi connectivity index (χ0n) is 10.5. The average molecular weight is 286 g/mol. The first-order valence-electron chi connectivity index (χ1n) is 6.09. The van der Waals surface area contributed by atoms with Crippen molar-refractivity contribution in [2.45, 2.75) is 6.54 Å². The fourth-order valence-electron chi connectivity index (χ4n) is 1.92. The zero-order valence-corrected chi connectivity index (χ0v) is 11.3. The van der Waals surface area contributed by atoms with Crippen LogP contribution in [0.4, 0.5) is 4.39 Å². The van der Waals surface area contributed by atoms with Crippen LogP contribution in [0.25, 0.3) is 10.2 Å². The maximum absolute atomic E-state index is 13.5. The second-order valence-electron chi connectivity index (χ2n) is 4.31. The number of carbonyl (C=O) groups excluding carboxylic acids is 1. The summed E-state index contributed by atoms with van der Waals surface area (Å²) in [6.45, 7) is 0.173. The van der Waals surface area contributed by atoms with Crippen molar-refractivity contribution in [1.82, 2.24) is 10.3 Å². The summed E-state index contributed by atoms with van der Waals surface area (Å²) in [5.74, 6) is -0.533. The van der Waals surface area contributed by atoms with Gasteiger partial charge in [-0.15, -0.1) is 11.3 Å². The zero-order chi connectivity index (χ0) is 13.9. The average Bonchev–Trinajstić information content (AvgIpc) is 2.93. The van der Waals surface area contributed by atoms with Gasteiger partial charge in [0.15, 0.2) is 0 Å². The van der Waals surface area contributed by atoms with Crippen molar-refractivity contribution in [3.8, 4) is 0 Å². The quantitative estimate of drug-likeness (QED) is 0.802. The minimum Gasteiger partial charge on any atom is -0.348 e. The third kappa shape index (κ3) is 2.53. The number of benzene rings is 2.